The number of rotatable bonds is 4. The Hall–Kier alpha value is -0.0400. The van der Waals surface area contributed by atoms with E-state index in [1.54, 1.807) is 0 Å². The summed E-state index contributed by atoms with van der Waals surface area (Å²) in [7, 11) is 0. The Labute approximate surface area is 71.8 Å². The summed E-state index contributed by atoms with van der Waals surface area (Å²) in [6, 6.07) is 0. The van der Waals surface area contributed by atoms with Crippen molar-refractivity contribution in [2.75, 3.05) is 6.61 Å². The molecule has 0 aliphatic rings. The molecule has 0 heterocycles. The van der Waals surface area contributed by atoms with E-state index in [9.17, 15) is 0 Å². The number of hydrogen-bond acceptors (Lipinski definition) is 1. The molecule has 0 saturated carbocycles. The van der Waals surface area contributed by atoms with Crippen LogP contribution in [0.3, 0.4) is 0 Å². The fourth-order valence-corrected chi connectivity index (χ4v) is 0.644. The molecule has 0 fully saturated rings. The van der Waals surface area contributed by atoms with Crippen LogP contribution in [0, 0.1) is 5.92 Å². The largest absolute Gasteiger partial charge is 0.396 e. The molecule has 0 rings (SSSR count). The summed E-state index contributed by atoms with van der Waals surface area (Å²) in [4.78, 5) is 0. The SMILES string of the molecule is CCC.CCC(C)CCCO. The van der Waals surface area contributed by atoms with E-state index in [2.05, 4.69) is 27.7 Å². The van der Waals surface area contributed by atoms with Crippen LogP contribution in [-0.2, 0) is 0 Å². The average molecular weight is 160 g/mol. The maximum atomic E-state index is 8.41. The molecule has 0 aromatic heterocycles. The van der Waals surface area contributed by atoms with Crippen LogP contribution in [-0.4, -0.2) is 11.7 Å². The van der Waals surface area contributed by atoms with Gasteiger partial charge in [0.15, 0.2) is 0 Å². The van der Waals surface area contributed by atoms with Gasteiger partial charge in [-0.15, -0.1) is 0 Å². The molecule has 0 bridgehead atoms. The Kier molecular flexibility index (Phi) is 15.5. The lowest BCUT2D eigenvalue weighted by Gasteiger charge is -2.04. The molecule has 0 spiro atoms. The van der Waals surface area contributed by atoms with Crippen LogP contribution < -0.4 is 0 Å². The standard InChI is InChI=1S/C7H16O.C3H8/c1-3-7(2)5-4-6-8;1-3-2/h7-8H,3-6H2,1-2H3;3H2,1-2H3. The lowest BCUT2D eigenvalue weighted by atomic mass is 10.0. The Morgan fingerprint density at radius 2 is 1.64 bits per heavy atom. The maximum absolute atomic E-state index is 8.41. The van der Waals surface area contributed by atoms with E-state index < -0.39 is 0 Å². The monoisotopic (exact) mass is 160 g/mol. The van der Waals surface area contributed by atoms with Gasteiger partial charge in [-0.05, 0) is 18.8 Å². The molecule has 0 radical (unpaired) electrons. The predicted molar refractivity (Wildman–Crippen MR) is 51.7 cm³/mol. The third-order valence-corrected chi connectivity index (χ3v) is 1.55. The highest BCUT2D eigenvalue weighted by Crippen LogP contribution is 2.07. The molecule has 0 aliphatic carbocycles. The molecule has 1 unspecified atom stereocenters. The second-order valence-electron chi connectivity index (χ2n) is 3.09. The van der Waals surface area contributed by atoms with Crippen LogP contribution in [0.2, 0.25) is 0 Å². The fourth-order valence-electron chi connectivity index (χ4n) is 0.644. The second-order valence-corrected chi connectivity index (χ2v) is 3.09. The molecule has 1 N–H and O–H groups in total. The highest BCUT2D eigenvalue weighted by Gasteiger charge is 1.95. The van der Waals surface area contributed by atoms with Gasteiger partial charge in [0, 0.05) is 6.61 Å². The lowest BCUT2D eigenvalue weighted by Crippen LogP contribution is -1.93. The van der Waals surface area contributed by atoms with E-state index in [1.807, 2.05) is 0 Å². The zero-order valence-electron chi connectivity index (χ0n) is 8.56. The molecule has 0 aromatic rings. The van der Waals surface area contributed by atoms with Gasteiger partial charge in [0.05, 0.1) is 0 Å². The molecule has 11 heavy (non-hydrogen) atoms. The van der Waals surface area contributed by atoms with Crippen molar-refractivity contribution in [1.29, 1.82) is 0 Å². The zero-order valence-corrected chi connectivity index (χ0v) is 8.56. The van der Waals surface area contributed by atoms with Crippen molar-refractivity contribution in [2.45, 2.75) is 53.4 Å². The Bertz CT molecular complexity index is 52.8. The Morgan fingerprint density at radius 3 is 1.91 bits per heavy atom. The first-order valence-corrected chi connectivity index (χ1v) is 4.83. The predicted octanol–water partition coefficient (Wildman–Crippen LogP) is 3.22. The summed E-state index contributed by atoms with van der Waals surface area (Å²) in [5.74, 6) is 0.794. The van der Waals surface area contributed by atoms with Crippen molar-refractivity contribution in [3.8, 4) is 0 Å². The molecule has 1 nitrogen and oxygen atoms in total. The molecule has 1 heteroatoms. The van der Waals surface area contributed by atoms with Crippen LogP contribution in [0.1, 0.15) is 53.4 Å². The Balaban J connectivity index is 0. The topological polar surface area (TPSA) is 20.2 Å². The van der Waals surface area contributed by atoms with Gasteiger partial charge in [0.2, 0.25) is 0 Å². The number of hydrogen-bond donors (Lipinski definition) is 1. The van der Waals surface area contributed by atoms with Crippen LogP contribution in [0.15, 0.2) is 0 Å². The van der Waals surface area contributed by atoms with Crippen molar-refractivity contribution in [2.24, 2.45) is 5.92 Å². The molecule has 1 atom stereocenters. The first-order valence-electron chi connectivity index (χ1n) is 4.83. The summed E-state index contributed by atoms with van der Waals surface area (Å²) < 4.78 is 0. The van der Waals surface area contributed by atoms with E-state index in [-0.39, 0.29) is 0 Å². The molecule has 0 amide bonds. The fraction of sp³-hybridized carbons (Fsp3) is 1.00. The highest BCUT2D eigenvalue weighted by molar-refractivity contribution is 4.47. The molecule has 0 aromatic carbocycles. The molecule has 0 aliphatic heterocycles. The van der Waals surface area contributed by atoms with Crippen LogP contribution in [0.25, 0.3) is 0 Å². The highest BCUT2D eigenvalue weighted by atomic mass is 16.2. The Morgan fingerprint density at radius 1 is 1.18 bits per heavy atom. The first-order chi connectivity index (χ1) is 5.22. The molecular formula is C10H24O. The second kappa shape index (κ2) is 12.6. The molecule has 0 saturated heterocycles. The van der Waals surface area contributed by atoms with Gasteiger partial charge in [0.1, 0.15) is 0 Å². The van der Waals surface area contributed by atoms with Gasteiger partial charge in [-0.25, -0.2) is 0 Å². The third kappa shape index (κ3) is 17.8. The summed E-state index contributed by atoms with van der Waals surface area (Å²) in [5, 5.41) is 8.41. The maximum Gasteiger partial charge on any atom is 0.0431 e. The van der Waals surface area contributed by atoms with E-state index >= 15 is 0 Å². The van der Waals surface area contributed by atoms with Crippen LogP contribution in [0.5, 0.6) is 0 Å². The van der Waals surface area contributed by atoms with Crippen molar-refractivity contribution in [3.05, 3.63) is 0 Å². The summed E-state index contributed by atoms with van der Waals surface area (Å²) in [6.07, 6.45) is 4.63. The smallest absolute Gasteiger partial charge is 0.0431 e. The van der Waals surface area contributed by atoms with Crippen molar-refractivity contribution >= 4 is 0 Å². The van der Waals surface area contributed by atoms with E-state index in [0.717, 1.165) is 12.3 Å². The van der Waals surface area contributed by atoms with Crippen LogP contribution >= 0.6 is 0 Å². The average Bonchev–Trinajstić information content (AvgIpc) is 2.02. The number of aliphatic hydroxyl groups is 1. The zero-order chi connectivity index (χ0) is 9.11. The van der Waals surface area contributed by atoms with E-state index in [4.69, 9.17) is 5.11 Å². The minimum absolute atomic E-state index is 0.352. The normalized spacial score (nSPS) is 11.7. The molecule has 70 valence electrons. The van der Waals surface area contributed by atoms with Crippen LogP contribution in [0.4, 0.5) is 0 Å². The lowest BCUT2D eigenvalue weighted by molar-refractivity contribution is 0.273. The quantitative estimate of drug-likeness (QED) is 0.669. The van der Waals surface area contributed by atoms with E-state index in [0.29, 0.717) is 6.61 Å². The first kappa shape index (κ1) is 13.5. The van der Waals surface area contributed by atoms with Crippen molar-refractivity contribution < 1.29 is 5.11 Å². The van der Waals surface area contributed by atoms with Gasteiger partial charge >= 0.3 is 0 Å². The minimum atomic E-state index is 0.352. The van der Waals surface area contributed by atoms with E-state index in [1.165, 1.54) is 19.3 Å². The van der Waals surface area contributed by atoms with Gasteiger partial charge in [-0.1, -0.05) is 40.5 Å². The third-order valence-electron chi connectivity index (χ3n) is 1.55. The summed E-state index contributed by atoms with van der Waals surface area (Å²) in [6.45, 7) is 9.00. The van der Waals surface area contributed by atoms with Gasteiger partial charge in [-0.3, -0.25) is 0 Å². The van der Waals surface area contributed by atoms with Gasteiger partial charge in [0.25, 0.3) is 0 Å². The van der Waals surface area contributed by atoms with Crippen molar-refractivity contribution in [3.63, 3.8) is 0 Å². The summed E-state index contributed by atoms with van der Waals surface area (Å²) in [5.41, 5.74) is 0. The van der Waals surface area contributed by atoms with Gasteiger partial charge < -0.3 is 5.11 Å². The summed E-state index contributed by atoms with van der Waals surface area (Å²) >= 11 is 0. The van der Waals surface area contributed by atoms with Crippen molar-refractivity contribution in [1.82, 2.24) is 0 Å². The number of aliphatic hydroxyl groups excluding tert-OH is 1. The minimum Gasteiger partial charge on any atom is -0.396 e. The van der Waals surface area contributed by atoms with Gasteiger partial charge in [-0.2, -0.15) is 0 Å². The molecular weight excluding hydrogens is 136 g/mol.